The molecule has 0 spiro atoms. The fourth-order valence-electron chi connectivity index (χ4n) is 6.13. The van der Waals surface area contributed by atoms with Gasteiger partial charge in [-0.1, -0.05) is 32.0 Å². The Bertz CT molecular complexity index is 2230. The van der Waals surface area contributed by atoms with Gasteiger partial charge in [-0.2, -0.15) is 0 Å². The van der Waals surface area contributed by atoms with Gasteiger partial charge in [-0.3, -0.25) is 0 Å². The number of hydrogen-bond acceptors (Lipinski definition) is 7. The zero-order chi connectivity index (χ0) is 34.4. The Balaban J connectivity index is 1.14. The molecule has 0 aliphatic carbocycles. The number of ether oxygens (including phenoxy) is 2. The Morgan fingerprint density at radius 1 is 1.02 bits per heavy atom. The molecule has 0 unspecified atom stereocenters. The van der Waals surface area contributed by atoms with E-state index < -0.39 is 23.4 Å². The second-order valence-corrected chi connectivity index (χ2v) is 14.0. The quantitative estimate of drug-likeness (QED) is 0.163. The van der Waals surface area contributed by atoms with Crippen LogP contribution >= 0.6 is 11.3 Å². The van der Waals surface area contributed by atoms with Crippen LogP contribution in [0.15, 0.2) is 72.9 Å². The van der Waals surface area contributed by atoms with Crippen molar-refractivity contribution in [1.29, 1.82) is 0 Å². The van der Waals surface area contributed by atoms with E-state index in [1.165, 1.54) is 23.5 Å². The fraction of sp³-hybridized carbons (Fsp3) is 0.243. The number of aryl methyl sites for hydroxylation is 1. The lowest BCUT2D eigenvalue weighted by Gasteiger charge is -2.28. The first kappa shape index (κ1) is 32.5. The van der Waals surface area contributed by atoms with Gasteiger partial charge in [-0.05, 0) is 60.5 Å². The molecule has 250 valence electrons. The molecular formula is C37H31F3N4O4S. The number of benzene rings is 3. The Hall–Kier alpha value is -5.07. The van der Waals surface area contributed by atoms with Crippen LogP contribution in [0.4, 0.5) is 13.2 Å². The Kier molecular flexibility index (Phi) is 8.45. The normalized spacial score (nSPS) is 15.6. The van der Waals surface area contributed by atoms with Gasteiger partial charge >= 0.3 is 5.97 Å². The van der Waals surface area contributed by atoms with Gasteiger partial charge in [-0.25, -0.2) is 32.9 Å². The van der Waals surface area contributed by atoms with Crippen molar-refractivity contribution in [3.05, 3.63) is 118 Å². The third-order valence-corrected chi connectivity index (χ3v) is 9.75. The van der Waals surface area contributed by atoms with Gasteiger partial charge in [0.1, 0.15) is 29.9 Å². The predicted molar refractivity (Wildman–Crippen MR) is 179 cm³/mol. The van der Waals surface area contributed by atoms with Crippen molar-refractivity contribution in [1.82, 2.24) is 19.5 Å². The molecule has 0 radical (unpaired) electrons. The van der Waals surface area contributed by atoms with Gasteiger partial charge in [0.25, 0.3) is 0 Å². The van der Waals surface area contributed by atoms with E-state index in [-0.39, 0.29) is 52.7 Å². The van der Waals surface area contributed by atoms with Gasteiger partial charge < -0.3 is 19.1 Å². The molecule has 3 aromatic heterocycles. The van der Waals surface area contributed by atoms with Crippen molar-refractivity contribution >= 4 is 28.3 Å². The lowest BCUT2D eigenvalue weighted by Crippen LogP contribution is -2.27. The number of halogens is 3. The number of pyridine rings is 1. The molecule has 0 amide bonds. The number of fused-ring (bicyclic) bond motifs is 1. The van der Waals surface area contributed by atoms with Crippen LogP contribution in [0.2, 0.25) is 0 Å². The summed E-state index contributed by atoms with van der Waals surface area (Å²) in [5.41, 5.74) is 2.11. The SMILES string of the molecule is Cc1ncc(-c2ccc(COc3cccc(-c4cc(F)c(Cc5nc6ccc(C(=O)O)cc6n5[C@@H]5COCC5(C)C)cc4F)n3)c(F)c2)s1. The highest BCUT2D eigenvalue weighted by atomic mass is 32.1. The topological polar surface area (TPSA) is 99.4 Å². The molecule has 3 aromatic carbocycles. The molecule has 1 aliphatic heterocycles. The Morgan fingerprint density at radius 2 is 1.84 bits per heavy atom. The second-order valence-electron chi connectivity index (χ2n) is 12.7. The number of imidazole rings is 1. The Morgan fingerprint density at radius 3 is 2.55 bits per heavy atom. The molecular weight excluding hydrogens is 653 g/mol. The summed E-state index contributed by atoms with van der Waals surface area (Å²) in [6, 6.07) is 16.2. The highest BCUT2D eigenvalue weighted by Gasteiger charge is 2.39. The number of aromatic nitrogens is 4. The summed E-state index contributed by atoms with van der Waals surface area (Å²) in [7, 11) is 0. The van der Waals surface area contributed by atoms with Crippen molar-refractivity contribution in [3.8, 4) is 27.6 Å². The molecule has 7 rings (SSSR count). The van der Waals surface area contributed by atoms with E-state index in [4.69, 9.17) is 14.5 Å². The van der Waals surface area contributed by atoms with E-state index in [1.807, 2.05) is 25.3 Å². The highest BCUT2D eigenvalue weighted by molar-refractivity contribution is 7.15. The molecule has 49 heavy (non-hydrogen) atoms. The first-order valence-corrected chi connectivity index (χ1v) is 16.4. The zero-order valence-electron chi connectivity index (χ0n) is 26.8. The minimum Gasteiger partial charge on any atom is -0.478 e. The fourth-order valence-corrected chi connectivity index (χ4v) is 6.90. The molecule has 12 heteroatoms. The van der Waals surface area contributed by atoms with Gasteiger partial charge in [0.05, 0.1) is 51.4 Å². The largest absolute Gasteiger partial charge is 0.478 e. The molecule has 1 N–H and O–H groups in total. The summed E-state index contributed by atoms with van der Waals surface area (Å²) < 4.78 is 59.8. The maximum absolute atomic E-state index is 15.7. The standard InChI is InChI=1S/C37H31F3N4O4S/c1-20-41-16-32(49-20)21-7-8-23(26(38)11-21)17-48-35-6-4-5-29(43-35)25-15-27(39)24(12-28(25)40)14-34-42-30-10-9-22(36(45)46)13-31(30)44(34)33-18-47-19-37(33,2)3/h4-13,15-16,33H,14,17-19H2,1-3H3,(H,45,46)/t33-/m1/s1. The molecule has 1 saturated heterocycles. The number of hydrogen-bond donors (Lipinski definition) is 1. The van der Waals surface area contributed by atoms with E-state index in [1.54, 1.807) is 48.7 Å². The molecule has 4 heterocycles. The lowest BCUT2D eigenvalue weighted by atomic mass is 9.87. The average molecular weight is 685 g/mol. The number of carboxylic acids is 1. The maximum Gasteiger partial charge on any atom is 0.335 e. The van der Waals surface area contributed by atoms with Gasteiger partial charge in [0, 0.05) is 35.2 Å². The van der Waals surface area contributed by atoms with E-state index in [0.717, 1.165) is 22.0 Å². The van der Waals surface area contributed by atoms with Crippen LogP contribution < -0.4 is 4.74 Å². The number of nitrogens with zero attached hydrogens (tertiary/aromatic N) is 4. The summed E-state index contributed by atoms with van der Waals surface area (Å²) in [6.07, 6.45) is 1.66. The monoisotopic (exact) mass is 684 g/mol. The van der Waals surface area contributed by atoms with Crippen molar-refractivity contribution in [2.24, 2.45) is 5.41 Å². The van der Waals surface area contributed by atoms with Crippen LogP contribution in [0.3, 0.4) is 0 Å². The van der Waals surface area contributed by atoms with E-state index in [0.29, 0.717) is 41.2 Å². The van der Waals surface area contributed by atoms with Gasteiger partial charge in [0.15, 0.2) is 0 Å². The summed E-state index contributed by atoms with van der Waals surface area (Å²) in [4.78, 5) is 25.9. The third-order valence-electron chi connectivity index (χ3n) is 8.79. The maximum atomic E-state index is 15.7. The van der Waals surface area contributed by atoms with E-state index in [9.17, 15) is 14.3 Å². The van der Waals surface area contributed by atoms with E-state index >= 15 is 8.78 Å². The zero-order valence-corrected chi connectivity index (χ0v) is 27.7. The number of aromatic carboxylic acids is 1. The van der Waals surface area contributed by atoms with Gasteiger partial charge in [-0.15, -0.1) is 11.3 Å². The van der Waals surface area contributed by atoms with Crippen LogP contribution in [0.25, 0.3) is 32.7 Å². The lowest BCUT2D eigenvalue weighted by molar-refractivity contribution is 0.0697. The van der Waals surface area contributed by atoms with Gasteiger partial charge in [0.2, 0.25) is 5.88 Å². The second kappa shape index (κ2) is 12.8. The highest BCUT2D eigenvalue weighted by Crippen LogP contribution is 2.41. The Labute approximate surface area is 283 Å². The van der Waals surface area contributed by atoms with Crippen LogP contribution in [0, 0.1) is 29.8 Å². The predicted octanol–water partition coefficient (Wildman–Crippen LogP) is 8.41. The molecule has 1 atom stereocenters. The summed E-state index contributed by atoms with van der Waals surface area (Å²) in [6.45, 7) is 6.70. The molecule has 8 nitrogen and oxygen atoms in total. The van der Waals surface area contributed by atoms with E-state index in [2.05, 4.69) is 9.97 Å². The number of carbonyl (C=O) groups is 1. The average Bonchev–Trinajstić information content (AvgIpc) is 3.76. The van der Waals surface area contributed by atoms with Crippen molar-refractivity contribution in [3.63, 3.8) is 0 Å². The number of carboxylic acid groups (broad SMARTS) is 1. The molecule has 6 aromatic rings. The van der Waals surface area contributed by atoms with Crippen LogP contribution in [-0.4, -0.2) is 43.8 Å². The summed E-state index contributed by atoms with van der Waals surface area (Å²) in [5, 5.41) is 10.5. The first-order chi connectivity index (χ1) is 23.5. The minimum absolute atomic E-state index is 0.0454. The summed E-state index contributed by atoms with van der Waals surface area (Å²) >= 11 is 1.47. The molecule has 1 aliphatic rings. The number of thiazole rings is 1. The molecule has 1 fully saturated rings. The van der Waals surface area contributed by atoms with Crippen LogP contribution in [0.5, 0.6) is 5.88 Å². The number of rotatable bonds is 9. The van der Waals surface area contributed by atoms with Crippen molar-refractivity contribution < 1.29 is 32.5 Å². The molecule has 0 saturated carbocycles. The van der Waals surface area contributed by atoms with Crippen molar-refractivity contribution in [2.45, 2.75) is 39.8 Å². The first-order valence-electron chi connectivity index (χ1n) is 15.6. The summed E-state index contributed by atoms with van der Waals surface area (Å²) in [5.74, 6) is -2.28. The smallest absolute Gasteiger partial charge is 0.335 e. The molecule has 0 bridgehead atoms. The van der Waals surface area contributed by atoms with Crippen LogP contribution in [0.1, 0.15) is 52.2 Å². The minimum atomic E-state index is -1.08. The van der Waals surface area contributed by atoms with Crippen molar-refractivity contribution in [2.75, 3.05) is 13.2 Å². The van der Waals surface area contributed by atoms with Crippen LogP contribution in [-0.2, 0) is 17.8 Å². The third kappa shape index (κ3) is 6.41.